The second-order valence-corrected chi connectivity index (χ2v) is 2.64. The van der Waals surface area contributed by atoms with Gasteiger partial charge in [0.1, 0.15) is 6.54 Å². The molecule has 3 nitrogen and oxygen atoms in total. The van der Waals surface area contributed by atoms with Crippen molar-refractivity contribution in [3.8, 4) is 0 Å². The molecule has 0 amide bonds. The Kier molecular flexibility index (Phi) is 1.86. The molecule has 3 heteroatoms. The number of nitrogens with one attached hydrogen (secondary N) is 1. The van der Waals surface area contributed by atoms with Crippen LogP contribution < -0.4 is 4.68 Å². The average Bonchev–Trinajstić information content (AvgIpc) is 2.59. The van der Waals surface area contributed by atoms with Crippen molar-refractivity contribution in [1.82, 2.24) is 10.3 Å². The molecule has 2 aromatic rings. The van der Waals surface area contributed by atoms with Crippen LogP contribution in [0.15, 0.2) is 42.7 Å². The number of aromatic nitrogens is 3. The molecule has 0 fully saturated rings. The topological polar surface area (TPSA) is 32.6 Å². The molecule has 0 saturated heterocycles. The number of nitrogens with zero attached hydrogens (tertiary/aromatic N) is 2. The molecular weight excluding hydrogens is 150 g/mol. The van der Waals surface area contributed by atoms with Gasteiger partial charge in [0.2, 0.25) is 6.20 Å². The highest BCUT2D eigenvalue weighted by Crippen LogP contribution is 1.95. The summed E-state index contributed by atoms with van der Waals surface area (Å²) < 4.78 is 1.93. The van der Waals surface area contributed by atoms with Crippen LogP contribution in [0.3, 0.4) is 0 Å². The van der Waals surface area contributed by atoms with Gasteiger partial charge in [-0.25, -0.2) is 0 Å². The molecule has 0 radical (unpaired) electrons. The Morgan fingerprint density at radius 3 is 2.75 bits per heavy atom. The molecule has 1 N–H and O–H groups in total. The predicted octanol–water partition coefficient (Wildman–Crippen LogP) is 0.745. The molecule has 2 rings (SSSR count). The Balaban J connectivity index is 2.15. The smallest absolute Gasteiger partial charge is 0.159 e. The molecule has 0 atom stereocenters. The SMILES string of the molecule is c1ccc(C[n+]2ccn[nH]2)cc1. The molecule has 1 aromatic heterocycles. The molecule has 12 heavy (non-hydrogen) atoms. The van der Waals surface area contributed by atoms with Crippen molar-refractivity contribution in [1.29, 1.82) is 0 Å². The molecule has 0 bridgehead atoms. The molecule has 0 unspecified atom stereocenters. The van der Waals surface area contributed by atoms with Gasteiger partial charge in [0.25, 0.3) is 0 Å². The average molecular weight is 160 g/mol. The van der Waals surface area contributed by atoms with Crippen LogP contribution >= 0.6 is 0 Å². The highest BCUT2D eigenvalue weighted by molar-refractivity contribution is 5.12. The number of aromatic amines is 1. The summed E-state index contributed by atoms with van der Waals surface area (Å²) in [4.78, 5) is 0. The minimum atomic E-state index is 0.848. The maximum absolute atomic E-state index is 3.86. The molecule has 60 valence electrons. The maximum atomic E-state index is 3.86. The second-order valence-electron chi connectivity index (χ2n) is 2.64. The Morgan fingerprint density at radius 2 is 2.08 bits per heavy atom. The van der Waals surface area contributed by atoms with Gasteiger partial charge in [-0.15, -0.1) is 0 Å². The van der Waals surface area contributed by atoms with Gasteiger partial charge in [0.15, 0.2) is 6.20 Å². The fourth-order valence-corrected chi connectivity index (χ4v) is 1.12. The lowest BCUT2D eigenvalue weighted by Gasteiger charge is -1.94. The zero-order valence-electron chi connectivity index (χ0n) is 6.64. The quantitative estimate of drug-likeness (QED) is 0.646. The van der Waals surface area contributed by atoms with E-state index in [0.717, 1.165) is 6.54 Å². The van der Waals surface area contributed by atoms with Crippen molar-refractivity contribution >= 4 is 0 Å². The van der Waals surface area contributed by atoms with E-state index in [1.54, 1.807) is 6.20 Å². The third-order valence-corrected chi connectivity index (χ3v) is 1.70. The fraction of sp³-hybridized carbons (Fsp3) is 0.111. The van der Waals surface area contributed by atoms with Gasteiger partial charge in [-0.1, -0.05) is 35.5 Å². The van der Waals surface area contributed by atoms with E-state index in [-0.39, 0.29) is 0 Å². The zero-order valence-corrected chi connectivity index (χ0v) is 6.64. The van der Waals surface area contributed by atoms with E-state index in [2.05, 4.69) is 22.4 Å². The highest BCUT2D eigenvalue weighted by atomic mass is 15.4. The summed E-state index contributed by atoms with van der Waals surface area (Å²) in [5.74, 6) is 0. The molecule has 0 aliphatic carbocycles. The summed E-state index contributed by atoms with van der Waals surface area (Å²) in [5, 5.41) is 6.71. The van der Waals surface area contributed by atoms with Crippen LogP contribution in [0.4, 0.5) is 0 Å². The maximum Gasteiger partial charge on any atom is 0.206 e. The second kappa shape index (κ2) is 3.17. The Labute approximate surface area is 70.6 Å². The monoisotopic (exact) mass is 160 g/mol. The van der Waals surface area contributed by atoms with Gasteiger partial charge >= 0.3 is 0 Å². The first-order valence-electron chi connectivity index (χ1n) is 3.88. The molecule has 0 saturated carbocycles. The third kappa shape index (κ3) is 1.50. The van der Waals surface area contributed by atoms with E-state index in [1.807, 2.05) is 29.1 Å². The van der Waals surface area contributed by atoms with Crippen LogP contribution in [-0.4, -0.2) is 10.3 Å². The number of hydrogen-bond donors (Lipinski definition) is 1. The molecule has 1 aromatic carbocycles. The van der Waals surface area contributed by atoms with Gasteiger partial charge < -0.3 is 0 Å². The molecule has 0 aliphatic rings. The third-order valence-electron chi connectivity index (χ3n) is 1.70. The summed E-state index contributed by atoms with van der Waals surface area (Å²) in [6, 6.07) is 10.3. The lowest BCUT2D eigenvalue weighted by atomic mass is 10.2. The van der Waals surface area contributed by atoms with Crippen LogP contribution in [-0.2, 0) is 6.54 Å². The molecule has 1 heterocycles. The standard InChI is InChI=1S/C9H9N3/c1-2-4-9(5-3-1)8-12-7-6-10-11-12/h1-7H,8H2/p+1. The number of H-pyrrole nitrogens is 1. The predicted molar refractivity (Wildman–Crippen MR) is 44.3 cm³/mol. The minimum Gasteiger partial charge on any atom is -0.159 e. The fourth-order valence-electron chi connectivity index (χ4n) is 1.12. The molecule has 0 spiro atoms. The van der Waals surface area contributed by atoms with Crippen molar-refractivity contribution in [3.63, 3.8) is 0 Å². The van der Waals surface area contributed by atoms with Crippen molar-refractivity contribution in [2.24, 2.45) is 0 Å². The van der Waals surface area contributed by atoms with Crippen molar-refractivity contribution in [3.05, 3.63) is 48.3 Å². The van der Waals surface area contributed by atoms with Crippen LogP contribution in [0, 0.1) is 0 Å². The zero-order chi connectivity index (χ0) is 8.23. The van der Waals surface area contributed by atoms with Crippen LogP contribution in [0.5, 0.6) is 0 Å². The summed E-state index contributed by atoms with van der Waals surface area (Å²) >= 11 is 0. The summed E-state index contributed by atoms with van der Waals surface area (Å²) in [6.45, 7) is 0.848. The van der Waals surface area contributed by atoms with Crippen LogP contribution in [0.2, 0.25) is 0 Å². The number of benzene rings is 1. The van der Waals surface area contributed by atoms with Gasteiger partial charge in [-0.2, -0.15) is 4.68 Å². The van der Waals surface area contributed by atoms with Gasteiger partial charge in [0.05, 0.1) is 0 Å². The summed E-state index contributed by atoms with van der Waals surface area (Å²) in [6.07, 6.45) is 3.65. The lowest BCUT2D eigenvalue weighted by molar-refractivity contribution is -0.745. The number of rotatable bonds is 2. The Bertz CT molecular complexity index is 326. The van der Waals surface area contributed by atoms with E-state index in [9.17, 15) is 0 Å². The molecular formula is C9H10N3+. The van der Waals surface area contributed by atoms with Crippen molar-refractivity contribution in [2.75, 3.05) is 0 Å². The Hall–Kier alpha value is -1.64. The van der Waals surface area contributed by atoms with Crippen molar-refractivity contribution in [2.45, 2.75) is 6.54 Å². The summed E-state index contributed by atoms with van der Waals surface area (Å²) in [7, 11) is 0. The first kappa shape index (κ1) is 7.03. The van der Waals surface area contributed by atoms with Gasteiger partial charge in [-0.05, 0) is 5.56 Å². The summed E-state index contributed by atoms with van der Waals surface area (Å²) in [5.41, 5.74) is 1.27. The first-order valence-corrected chi connectivity index (χ1v) is 3.88. The van der Waals surface area contributed by atoms with Crippen molar-refractivity contribution < 1.29 is 4.68 Å². The highest BCUT2D eigenvalue weighted by Gasteiger charge is 1.98. The van der Waals surface area contributed by atoms with Gasteiger partial charge in [-0.3, -0.25) is 0 Å². The van der Waals surface area contributed by atoms with E-state index in [0.29, 0.717) is 0 Å². The van der Waals surface area contributed by atoms with E-state index in [1.165, 1.54) is 5.56 Å². The van der Waals surface area contributed by atoms with E-state index >= 15 is 0 Å². The normalized spacial score (nSPS) is 10.0. The van der Waals surface area contributed by atoms with Gasteiger partial charge in [0, 0.05) is 5.10 Å². The molecule has 0 aliphatic heterocycles. The minimum absolute atomic E-state index is 0.848. The van der Waals surface area contributed by atoms with Crippen LogP contribution in [0.25, 0.3) is 0 Å². The Morgan fingerprint density at radius 1 is 1.25 bits per heavy atom. The van der Waals surface area contributed by atoms with Crippen LogP contribution in [0.1, 0.15) is 5.56 Å². The van der Waals surface area contributed by atoms with E-state index in [4.69, 9.17) is 0 Å². The van der Waals surface area contributed by atoms with E-state index < -0.39 is 0 Å². The first-order chi connectivity index (χ1) is 5.95. The largest absolute Gasteiger partial charge is 0.206 e. The lowest BCUT2D eigenvalue weighted by Crippen LogP contribution is -2.35. The number of hydrogen-bond acceptors (Lipinski definition) is 1.